The van der Waals surface area contributed by atoms with Gasteiger partial charge in [-0.25, -0.2) is 0 Å². The molecule has 0 spiro atoms. The van der Waals surface area contributed by atoms with Crippen molar-refractivity contribution in [3.8, 4) is 5.75 Å². The quantitative estimate of drug-likeness (QED) is 0.786. The largest absolute Gasteiger partial charge is 0.497 e. The zero-order valence-electron chi connectivity index (χ0n) is 14.2. The SMILES string of the molecule is CCN(CCC(F)(F)F)C(=O)C1CC(=O)N(c2ccc(OC)cc2)C1. The number of methoxy groups -OCH3 is 1. The fourth-order valence-electron chi connectivity index (χ4n) is 2.83. The van der Waals surface area contributed by atoms with Crippen molar-refractivity contribution in [2.24, 2.45) is 5.92 Å². The fraction of sp³-hybridized carbons (Fsp3) is 0.529. The summed E-state index contributed by atoms with van der Waals surface area (Å²) in [7, 11) is 1.53. The number of hydrogen-bond acceptors (Lipinski definition) is 3. The van der Waals surface area contributed by atoms with Gasteiger partial charge in [0.2, 0.25) is 11.8 Å². The maximum atomic E-state index is 12.5. The third kappa shape index (κ3) is 4.87. The van der Waals surface area contributed by atoms with Crippen LogP contribution in [0, 0.1) is 5.92 Å². The number of halogens is 3. The van der Waals surface area contributed by atoms with E-state index >= 15 is 0 Å². The Bertz CT molecular complexity index is 617. The highest BCUT2D eigenvalue weighted by Gasteiger charge is 2.38. The van der Waals surface area contributed by atoms with Gasteiger partial charge in [-0.1, -0.05) is 0 Å². The van der Waals surface area contributed by atoms with E-state index in [1.165, 1.54) is 16.9 Å². The normalized spacial score (nSPS) is 17.7. The molecular formula is C17H21F3N2O3. The van der Waals surface area contributed by atoms with Gasteiger partial charge in [0, 0.05) is 31.7 Å². The summed E-state index contributed by atoms with van der Waals surface area (Å²) >= 11 is 0. The van der Waals surface area contributed by atoms with Gasteiger partial charge >= 0.3 is 6.18 Å². The maximum Gasteiger partial charge on any atom is 0.390 e. The zero-order chi connectivity index (χ0) is 18.6. The lowest BCUT2D eigenvalue weighted by Crippen LogP contribution is -2.39. The Hall–Kier alpha value is -2.25. The highest BCUT2D eigenvalue weighted by molar-refractivity contribution is 6.00. The summed E-state index contributed by atoms with van der Waals surface area (Å²) in [6.45, 7) is 1.60. The van der Waals surface area contributed by atoms with Crippen LogP contribution in [0.5, 0.6) is 5.75 Å². The van der Waals surface area contributed by atoms with Gasteiger partial charge in [0.05, 0.1) is 19.4 Å². The fourth-order valence-corrected chi connectivity index (χ4v) is 2.83. The predicted molar refractivity (Wildman–Crippen MR) is 86.4 cm³/mol. The summed E-state index contributed by atoms with van der Waals surface area (Å²) in [6.07, 6.45) is -5.35. The van der Waals surface area contributed by atoms with Crippen molar-refractivity contribution in [2.45, 2.75) is 25.9 Å². The van der Waals surface area contributed by atoms with Crippen molar-refractivity contribution in [2.75, 3.05) is 31.6 Å². The number of rotatable bonds is 6. The van der Waals surface area contributed by atoms with Crippen LogP contribution in [-0.2, 0) is 9.59 Å². The molecule has 0 bridgehead atoms. The molecule has 2 rings (SSSR count). The molecule has 1 aromatic rings. The summed E-state index contributed by atoms with van der Waals surface area (Å²) in [5.41, 5.74) is 0.638. The minimum Gasteiger partial charge on any atom is -0.497 e. The van der Waals surface area contributed by atoms with Gasteiger partial charge in [-0.05, 0) is 31.2 Å². The number of carbonyl (C=O) groups excluding carboxylic acids is 2. The lowest BCUT2D eigenvalue weighted by atomic mass is 10.1. The Morgan fingerprint density at radius 1 is 1.32 bits per heavy atom. The Kier molecular flexibility index (Phi) is 5.92. The summed E-state index contributed by atoms with van der Waals surface area (Å²) in [4.78, 5) is 27.3. The summed E-state index contributed by atoms with van der Waals surface area (Å²) in [6, 6.07) is 6.84. The molecular weight excluding hydrogens is 337 g/mol. The van der Waals surface area contributed by atoms with E-state index in [0.29, 0.717) is 11.4 Å². The molecule has 1 unspecified atom stereocenters. The highest BCUT2D eigenvalue weighted by Crippen LogP contribution is 2.28. The van der Waals surface area contributed by atoms with Crippen molar-refractivity contribution in [3.05, 3.63) is 24.3 Å². The molecule has 1 aromatic carbocycles. The lowest BCUT2D eigenvalue weighted by molar-refractivity contribution is -0.147. The number of amides is 2. The van der Waals surface area contributed by atoms with Gasteiger partial charge < -0.3 is 14.5 Å². The van der Waals surface area contributed by atoms with Crippen LogP contribution in [0.15, 0.2) is 24.3 Å². The van der Waals surface area contributed by atoms with Gasteiger partial charge in [-0.3, -0.25) is 9.59 Å². The van der Waals surface area contributed by atoms with E-state index in [9.17, 15) is 22.8 Å². The summed E-state index contributed by atoms with van der Waals surface area (Å²) in [5.74, 6) is -0.596. The number of alkyl halides is 3. The van der Waals surface area contributed by atoms with Gasteiger partial charge in [0.25, 0.3) is 0 Å². The topological polar surface area (TPSA) is 49.9 Å². The molecule has 0 aliphatic carbocycles. The van der Waals surface area contributed by atoms with Crippen molar-refractivity contribution < 1.29 is 27.5 Å². The van der Waals surface area contributed by atoms with Crippen LogP contribution < -0.4 is 9.64 Å². The monoisotopic (exact) mass is 358 g/mol. The minimum absolute atomic E-state index is 0.00732. The number of carbonyl (C=O) groups is 2. The number of anilines is 1. The van der Waals surface area contributed by atoms with Crippen molar-refractivity contribution in [1.29, 1.82) is 0 Å². The first-order chi connectivity index (χ1) is 11.7. The second kappa shape index (κ2) is 7.76. The van der Waals surface area contributed by atoms with Crippen LogP contribution in [-0.4, -0.2) is 49.6 Å². The molecule has 1 saturated heterocycles. The Morgan fingerprint density at radius 3 is 2.48 bits per heavy atom. The van der Waals surface area contributed by atoms with Crippen molar-refractivity contribution in [3.63, 3.8) is 0 Å². The molecule has 0 saturated carbocycles. The van der Waals surface area contributed by atoms with Crippen LogP contribution in [0.1, 0.15) is 19.8 Å². The Balaban J connectivity index is 2.03. The number of ether oxygens (including phenoxy) is 1. The molecule has 1 fully saturated rings. The maximum absolute atomic E-state index is 12.5. The average molecular weight is 358 g/mol. The van der Waals surface area contributed by atoms with E-state index in [-0.39, 0.29) is 32.0 Å². The van der Waals surface area contributed by atoms with Crippen LogP contribution in [0.2, 0.25) is 0 Å². The predicted octanol–water partition coefficient (Wildman–Crippen LogP) is 2.85. The van der Waals surface area contributed by atoms with E-state index in [1.54, 1.807) is 31.2 Å². The van der Waals surface area contributed by atoms with E-state index in [4.69, 9.17) is 4.74 Å². The summed E-state index contributed by atoms with van der Waals surface area (Å²) < 4.78 is 42.2. The molecule has 0 aromatic heterocycles. The highest BCUT2D eigenvalue weighted by atomic mass is 19.4. The average Bonchev–Trinajstić information content (AvgIpc) is 2.96. The van der Waals surface area contributed by atoms with Gasteiger partial charge in [0.1, 0.15) is 5.75 Å². The molecule has 8 heteroatoms. The van der Waals surface area contributed by atoms with Gasteiger partial charge in [-0.15, -0.1) is 0 Å². The number of benzene rings is 1. The second-order valence-electron chi connectivity index (χ2n) is 5.89. The van der Waals surface area contributed by atoms with E-state index in [1.807, 2.05) is 0 Å². The molecule has 138 valence electrons. The van der Waals surface area contributed by atoms with Crippen LogP contribution >= 0.6 is 0 Å². The zero-order valence-corrected chi connectivity index (χ0v) is 14.2. The number of hydrogen-bond donors (Lipinski definition) is 0. The van der Waals surface area contributed by atoms with Gasteiger partial charge in [0.15, 0.2) is 0 Å². The molecule has 5 nitrogen and oxygen atoms in total. The van der Waals surface area contributed by atoms with E-state index < -0.39 is 24.4 Å². The molecule has 25 heavy (non-hydrogen) atoms. The van der Waals surface area contributed by atoms with Crippen LogP contribution in [0.4, 0.5) is 18.9 Å². The van der Waals surface area contributed by atoms with Crippen molar-refractivity contribution in [1.82, 2.24) is 4.90 Å². The Morgan fingerprint density at radius 2 is 1.96 bits per heavy atom. The molecule has 1 heterocycles. The van der Waals surface area contributed by atoms with Gasteiger partial charge in [-0.2, -0.15) is 13.2 Å². The van der Waals surface area contributed by atoms with Crippen LogP contribution in [0.3, 0.4) is 0 Å². The second-order valence-corrected chi connectivity index (χ2v) is 5.89. The summed E-state index contributed by atoms with van der Waals surface area (Å²) in [5, 5.41) is 0. The first kappa shape index (κ1) is 19.1. The molecule has 0 radical (unpaired) electrons. The molecule has 1 aliphatic heterocycles. The van der Waals surface area contributed by atoms with E-state index in [0.717, 1.165) is 0 Å². The first-order valence-electron chi connectivity index (χ1n) is 8.05. The lowest BCUT2D eigenvalue weighted by Gasteiger charge is -2.24. The standard InChI is InChI=1S/C17H21F3N2O3/c1-3-21(9-8-17(18,19)20)16(24)12-10-15(23)22(11-12)13-4-6-14(25-2)7-5-13/h4-7,12H,3,8-11H2,1-2H3. The smallest absolute Gasteiger partial charge is 0.390 e. The minimum atomic E-state index is -4.31. The third-order valence-electron chi connectivity index (χ3n) is 4.22. The number of nitrogens with zero attached hydrogens (tertiary/aromatic N) is 2. The molecule has 2 amide bonds. The van der Waals surface area contributed by atoms with Crippen molar-refractivity contribution >= 4 is 17.5 Å². The first-order valence-corrected chi connectivity index (χ1v) is 8.05. The van der Waals surface area contributed by atoms with Crippen LogP contribution in [0.25, 0.3) is 0 Å². The third-order valence-corrected chi connectivity index (χ3v) is 4.22. The Labute approximate surface area is 144 Å². The molecule has 0 N–H and O–H groups in total. The van der Waals surface area contributed by atoms with E-state index in [2.05, 4.69) is 0 Å². The molecule has 1 atom stereocenters. The molecule has 1 aliphatic rings.